The molecule has 24 heavy (non-hydrogen) atoms. The van der Waals surface area contributed by atoms with Crippen molar-refractivity contribution >= 4 is 23.2 Å². The molecule has 0 radical (unpaired) electrons. The molecule has 0 aliphatic carbocycles. The lowest BCUT2D eigenvalue weighted by Crippen LogP contribution is -2.41. The number of nitrogens with zero attached hydrogens (tertiary/aromatic N) is 1. The zero-order valence-electron chi connectivity index (χ0n) is 13.3. The fourth-order valence-corrected chi connectivity index (χ4v) is 3.03. The molecule has 0 unspecified atom stereocenters. The Morgan fingerprint density at radius 2 is 2.21 bits per heavy atom. The Bertz CT molecular complexity index is 717. The summed E-state index contributed by atoms with van der Waals surface area (Å²) in [6.07, 6.45) is 2.01. The van der Waals surface area contributed by atoms with Crippen molar-refractivity contribution in [2.45, 2.75) is 38.6 Å². The third-order valence-corrected chi connectivity index (χ3v) is 4.38. The summed E-state index contributed by atoms with van der Waals surface area (Å²) in [4.78, 5) is 27.5. The number of aromatic nitrogens is 1. The summed E-state index contributed by atoms with van der Waals surface area (Å²) in [5.41, 5.74) is 1.19. The van der Waals surface area contributed by atoms with Gasteiger partial charge < -0.3 is 10.4 Å². The van der Waals surface area contributed by atoms with E-state index in [9.17, 15) is 14.0 Å². The third-order valence-electron chi connectivity index (χ3n) is 3.44. The molecule has 0 bridgehead atoms. The standard InChI is InChI=1S/C17H19FN2O3S/c1-2-3-7-14(17(22)23)20-15(21)9-13-10-24-16(19-13)11-5-4-6-12(18)8-11/h4-6,8,10,14H,2-3,7,9H2,1H3,(H,20,21)(H,22,23)/t14-/m0/s1. The predicted molar refractivity (Wildman–Crippen MR) is 90.3 cm³/mol. The number of carboxylic acids is 1. The molecule has 0 fully saturated rings. The maximum Gasteiger partial charge on any atom is 0.326 e. The number of unbranched alkanes of at least 4 members (excludes halogenated alkanes) is 1. The van der Waals surface area contributed by atoms with Crippen LogP contribution in [-0.2, 0) is 16.0 Å². The van der Waals surface area contributed by atoms with Crippen LogP contribution in [-0.4, -0.2) is 28.0 Å². The Labute approximate surface area is 143 Å². The van der Waals surface area contributed by atoms with Crippen LogP contribution in [0, 0.1) is 5.82 Å². The molecule has 0 aliphatic heterocycles. The number of rotatable bonds is 8. The molecule has 1 aromatic carbocycles. The highest BCUT2D eigenvalue weighted by molar-refractivity contribution is 7.13. The van der Waals surface area contributed by atoms with E-state index in [0.29, 0.717) is 22.7 Å². The van der Waals surface area contributed by atoms with Gasteiger partial charge in [0.2, 0.25) is 5.91 Å². The molecule has 0 aliphatic rings. The number of amides is 1. The lowest BCUT2D eigenvalue weighted by Gasteiger charge is -2.13. The highest BCUT2D eigenvalue weighted by Crippen LogP contribution is 2.24. The first kappa shape index (κ1) is 18.1. The lowest BCUT2D eigenvalue weighted by molar-refractivity contribution is -0.142. The first-order valence-corrected chi connectivity index (χ1v) is 8.60. The van der Waals surface area contributed by atoms with Gasteiger partial charge in [0.05, 0.1) is 12.1 Å². The van der Waals surface area contributed by atoms with Crippen molar-refractivity contribution in [2.75, 3.05) is 0 Å². The van der Waals surface area contributed by atoms with Crippen LogP contribution < -0.4 is 5.32 Å². The van der Waals surface area contributed by atoms with Crippen LogP contribution in [0.5, 0.6) is 0 Å². The number of halogens is 1. The Kier molecular flexibility index (Phi) is 6.43. The molecular formula is C17H19FN2O3S. The van der Waals surface area contributed by atoms with Gasteiger partial charge in [0.15, 0.2) is 0 Å². The van der Waals surface area contributed by atoms with Gasteiger partial charge in [-0.3, -0.25) is 4.79 Å². The topological polar surface area (TPSA) is 79.3 Å². The Hall–Kier alpha value is -2.28. The highest BCUT2D eigenvalue weighted by Gasteiger charge is 2.20. The van der Waals surface area contributed by atoms with Crippen LogP contribution in [0.1, 0.15) is 31.9 Å². The van der Waals surface area contributed by atoms with Crippen molar-refractivity contribution in [1.82, 2.24) is 10.3 Å². The molecule has 2 N–H and O–H groups in total. The summed E-state index contributed by atoms with van der Waals surface area (Å²) in [7, 11) is 0. The second-order valence-corrected chi connectivity index (χ2v) is 6.29. The molecule has 2 aromatic rings. The monoisotopic (exact) mass is 350 g/mol. The van der Waals surface area contributed by atoms with Crippen LogP contribution in [0.3, 0.4) is 0 Å². The second kappa shape index (κ2) is 8.54. The highest BCUT2D eigenvalue weighted by atomic mass is 32.1. The average molecular weight is 350 g/mol. The first-order chi connectivity index (χ1) is 11.5. The summed E-state index contributed by atoms with van der Waals surface area (Å²) in [5, 5.41) is 14.0. The van der Waals surface area contributed by atoms with Gasteiger partial charge in [-0.2, -0.15) is 0 Å². The van der Waals surface area contributed by atoms with E-state index in [-0.39, 0.29) is 18.1 Å². The molecule has 1 atom stereocenters. The number of carboxylic acid groups (broad SMARTS) is 1. The van der Waals surface area contributed by atoms with Crippen LogP contribution in [0.4, 0.5) is 4.39 Å². The van der Waals surface area contributed by atoms with E-state index in [1.54, 1.807) is 17.5 Å². The molecule has 7 heteroatoms. The van der Waals surface area contributed by atoms with Crippen molar-refractivity contribution in [1.29, 1.82) is 0 Å². The lowest BCUT2D eigenvalue weighted by atomic mass is 10.1. The van der Waals surface area contributed by atoms with E-state index in [1.807, 2.05) is 6.92 Å². The molecule has 5 nitrogen and oxygen atoms in total. The zero-order chi connectivity index (χ0) is 17.5. The van der Waals surface area contributed by atoms with Gasteiger partial charge in [0.1, 0.15) is 16.9 Å². The van der Waals surface area contributed by atoms with Crippen LogP contribution in [0.2, 0.25) is 0 Å². The van der Waals surface area contributed by atoms with Gasteiger partial charge in [-0.15, -0.1) is 11.3 Å². The summed E-state index contributed by atoms with van der Waals surface area (Å²) in [6, 6.07) is 5.21. The van der Waals surface area contributed by atoms with E-state index in [1.165, 1.54) is 23.5 Å². The van der Waals surface area contributed by atoms with Crippen molar-refractivity contribution in [3.8, 4) is 10.6 Å². The minimum atomic E-state index is -1.03. The number of benzene rings is 1. The molecule has 0 spiro atoms. The SMILES string of the molecule is CCCC[C@H](NC(=O)Cc1csc(-c2cccc(F)c2)n1)C(=O)O. The fraction of sp³-hybridized carbons (Fsp3) is 0.353. The number of carbonyl (C=O) groups is 2. The van der Waals surface area contributed by atoms with Gasteiger partial charge in [-0.25, -0.2) is 14.2 Å². The van der Waals surface area contributed by atoms with E-state index in [0.717, 1.165) is 12.8 Å². The number of aliphatic carboxylic acids is 1. The Morgan fingerprint density at radius 1 is 1.42 bits per heavy atom. The number of thiazole rings is 1. The first-order valence-electron chi connectivity index (χ1n) is 7.72. The van der Waals surface area contributed by atoms with Crippen LogP contribution in [0.15, 0.2) is 29.6 Å². The molecule has 2 rings (SSSR count). The van der Waals surface area contributed by atoms with Gasteiger partial charge in [-0.05, 0) is 18.6 Å². The quantitative estimate of drug-likeness (QED) is 0.766. The maximum absolute atomic E-state index is 13.2. The van der Waals surface area contributed by atoms with Crippen molar-refractivity contribution < 1.29 is 19.1 Å². The zero-order valence-corrected chi connectivity index (χ0v) is 14.1. The second-order valence-electron chi connectivity index (χ2n) is 5.43. The molecule has 1 aromatic heterocycles. The van der Waals surface area contributed by atoms with E-state index < -0.39 is 12.0 Å². The van der Waals surface area contributed by atoms with Gasteiger partial charge in [0.25, 0.3) is 0 Å². The normalized spacial score (nSPS) is 11.9. The largest absolute Gasteiger partial charge is 0.480 e. The number of carbonyl (C=O) groups excluding carboxylic acids is 1. The molecule has 0 saturated carbocycles. The van der Waals surface area contributed by atoms with Gasteiger partial charge >= 0.3 is 5.97 Å². The maximum atomic E-state index is 13.2. The van der Waals surface area contributed by atoms with Gasteiger partial charge in [0, 0.05) is 10.9 Å². The van der Waals surface area contributed by atoms with Crippen LogP contribution >= 0.6 is 11.3 Å². The third kappa shape index (κ3) is 5.13. The number of hydrogen-bond donors (Lipinski definition) is 2. The number of nitrogens with one attached hydrogen (secondary N) is 1. The number of hydrogen-bond acceptors (Lipinski definition) is 4. The summed E-state index contributed by atoms with van der Waals surface area (Å²) in [6.45, 7) is 1.96. The smallest absolute Gasteiger partial charge is 0.326 e. The predicted octanol–water partition coefficient (Wildman–Crippen LogP) is 3.25. The van der Waals surface area contributed by atoms with Crippen molar-refractivity contribution in [3.05, 3.63) is 41.2 Å². The Balaban J connectivity index is 1.98. The molecule has 128 valence electrons. The minimum absolute atomic E-state index is 0.00171. The molecule has 1 heterocycles. The summed E-state index contributed by atoms with van der Waals surface area (Å²) >= 11 is 1.32. The van der Waals surface area contributed by atoms with Crippen LogP contribution in [0.25, 0.3) is 10.6 Å². The average Bonchev–Trinajstić information content (AvgIpc) is 2.99. The summed E-state index contributed by atoms with van der Waals surface area (Å²) < 4.78 is 13.2. The minimum Gasteiger partial charge on any atom is -0.480 e. The van der Waals surface area contributed by atoms with E-state index in [2.05, 4.69) is 10.3 Å². The Morgan fingerprint density at radius 3 is 2.88 bits per heavy atom. The molecule has 0 saturated heterocycles. The van der Waals surface area contributed by atoms with Crippen molar-refractivity contribution in [3.63, 3.8) is 0 Å². The fourth-order valence-electron chi connectivity index (χ4n) is 2.22. The summed E-state index contributed by atoms with van der Waals surface area (Å²) in [5.74, 6) is -1.76. The molecular weight excluding hydrogens is 331 g/mol. The van der Waals surface area contributed by atoms with Crippen molar-refractivity contribution in [2.24, 2.45) is 0 Å². The van der Waals surface area contributed by atoms with E-state index in [4.69, 9.17) is 5.11 Å². The van der Waals surface area contributed by atoms with E-state index >= 15 is 0 Å². The van der Waals surface area contributed by atoms with Gasteiger partial charge in [-0.1, -0.05) is 31.9 Å². The molecule has 1 amide bonds.